The maximum absolute atomic E-state index is 11.3. The monoisotopic (exact) mass is 278 g/mol. The molecule has 102 valence electrons. The molecule has 18 heavy (non-hydrogen) atoms. The second kappa shape index (κ2) is 6.07. The van der Waals surface area contributed by atoms with E-state index in [9.17, 15) is 14.5 Å². The standard InChI is InChI=1S/C8H15N4O5P/c9-7-1-2-12(8(14)11-7)4-6(13)3-10-5-18(15,16)17/h1-2,6,10,13H,3-5H2,(H2,9,11,14)(H2,15,16,17). The minimum atomic E-state index is -4.14. The Hall–Kier alpha value is -1.25. The molecule has 1 aromatic rings. The number of aliphatic hydroxyl groups excluding tert-OH is 1. The van der Waals surface area contributed by atoms with Crippen molar-refractivity contribution < 1.29 is 19.5 Å². The first kappa shape index (κ1) is 14.8. The van der Waals surface area contributed by atoms with Crippen molar-refractivity contribution in [1.29, 1.82) is 0 Å². The molecule has 0 spiro atoms. The Balaban J connectivity index is 2.47. The molecule has 0 fully saturated rings. The van der Waals surface area contributed by atoms with Crippen LogP contribution < -0.4 is 16.7 Å². The van der Waals surface area contributed by atoms with E-state index in [2.05, 4.69) is 10.3 Å². The van der Waals surface area contributed by atoms with Crippen LogP contribution in [0, 0.1) is 0 Å². The highest BCUT2D eigenvalue weighted by Crippen LogP contribution is 2.31. The molecule has 1 heterocycles. The topological polar surface area (TPSA) is 151 Å². The first-order valence-electron chi connectivity index (χ1n) is 5.04. The Kier molecular flexibility index (Phi) is 5.00. The van der Waals surface area contributed by atoms with Gasteiger partial charge in [0.2, 0.25) is 0 Å². The molecule has 0 aromatic carbocycles. The third kappa shape index (κ3) is 5.39. The lowest BCUT2D eigenvalue weighted by molar-refractivity contribution is 0.151. The molecule has 9 nitrogen and oxygen atoms in total. The number of nitrogens with one attached hydrogen (secondary N) is 1. The molecule has 0 aliphatic rings. The Labute approximate surface area is 102 Å². The first-order valence-corrected chi connectivity index (χ1v) is 6.84. The summed E-state index contributed by atoms with van der Waals surface area (Å²) in [6, 6.07) is 1.41. The zero-order valence-electron chi connectivity index (χ0n) is 9.43. The van der Waals surface area contributed by atoms with Gasteiger partial charge in [0, 0.05) is 12.7 Å². The molecule has 10 heteroatoms. The average Bonchev–Trinajstić information content (AvgIpc) is 2.20. The number of rotatable bonds is 6. The van der Waals surface area contributed by atoms with Crippen LogP contribution in [0.15, 0.2) is 17.1 Å². The Morgan fingerprint density at radius 1 is 1.56 bits per heavy atom. The third-order valence-electron chi connectivity index (χ3n) is 2.00. The number of anilines is 1. The van der Waals surface area contributed by atoms with Gasteiger partial charge in [-0.3, -0.25) is 9.13 Å². The van der Waals surface area contributed by atoms with Gasteiger partial charge < -0.3 is 25.9 Å². The zero-order chi connectivity index (χ0) is 13.8. The molecule has 1 rings (SSSR count). The Morgan fingerprint density at radius 2 is 2.22 bits per heavy atom. The normalized spacial score (nSPS) is 13.5. The lowest BCUT2D eigenvalue weighted by Gasteiger charge is -2.13. The van der Waals surface area contributed by atoms with E-state index >= 15 is 0 Å². The largest absolute Gasteiger partial charge is 0.390 e. The van der Waals surface area contributed by atoms with Crippen LogP contribution in [-0.4, -0.2) is 43.4 Å². The fraction of sp³-hybridized carbons (Fsp3) is 0.500. The van der Waals surface area contributed by atoms with Crippen LogP contribution >= 0.6 is 7.60 Å². The molecule has 1 unspecified atom stereocenters. The molecule has 0 aliphatic heterocycles. The number of nitrogen functional groups attached to an aromatic ring is 1. The van der Waals surface area contributed by atoms with Gasteiger partial charge in [0.15, 0.2) is 0 Å². The summed E-state index contributed by atoms with van der Waals surface area (Å²) in [5, 5.41) is 12.0. The molecule has 1 aromatic heterocycles. The maximum Gasteiger partial charge on any atom is 0.349 e. The first-order chi connectivity index (χ1) is 8.28. The van der Waals surface area contributed by atoms with Crippen molar-refractivity contribution in [1.82, 2.24) is 14.9 Å². The van der Waals surface area contributed by atoms with Gasteiger partial charge in [0.1, 0.15) is 5.82 Å². The quantitative estimate of drug-likeness (QED) is 0.372. The molecule has 6 N–H and O–H groups in total. The van der Waals surface area contributed by atoms with Gasteiger partial charge >= 0.3 is 13.3 Å². The number of hydrogen-bond acceptors (Lipinski definition) is 6. The number of aromatic nitrogens is 2. The predicted molar refractivity (Wildman–Crippen MR) is 63.8 cm³/mol. The smallest absolute Gasteiger partial charge is 0.349 e. The van der Waals surface area contributed by atoms with Crippen molar-refractivity contribution in [3.8, 4) is 0 Å². The second-order valence-corrected chi connectivity index (χ2v) is 5.36. The van der Waals surface area contributed by atoms with Gasteiger partial charge in [0.05, 0.1) is 18.9 Å². The molecular formula is C8H15N4O5P. The highest BCUT2D eigenvalue weighted by molar-refractivity contribution is 7.51. The van der Waals surface area contributed by atoms with Crippen molar-refractivity contribution >= 4 is 13.4 Å². The van der Waals surface area contributed by atoms with Gasteiger partial charge in [-0.05, 0) is 6.07 Å². The van der Waals surface area contributed by atoms with Crippen molar-refractivity contribution in [2.75, 3.05) is 18.6 Å². The second-order valence-electron chi connectivity index (χ2n) is 3.72. The molecule has 0 bridgehead atoms. The molecular weight excluding hydrogens is 263 g/mol. The summed E-state index contributed by atoms with van der Waals surface area (Å²) in [4.78, 5) is 32.0. The van der Waals surface area contributed by atoms with Crippen molar-refractivity contribution in [3.63, 3.8) is 0 Å². The highest BCUT2D eigenvalue weighted by atomic mass is 31.2. The maximum atomic E-state index is 11.3. The zero-order valence-corrected chi connectivity index (χ0v) is 10.3. The summed E-state index contributed by atoms with van der Waals surface area (Å²) in [7, 11) is -4.14. The molecule has 0 radical (unpaired) electrons. The number of hydrogen-bond donors (Lipinski definition) is 5. The van der Waals surface area contributed by atoms with Crippen molar-refractivity contribution in [2.24, 2.45) is 0 Å². The molecule has 0 saturated carbocycles. The van der Waals surface area contributed by atoms with Gasteiger partial charge in [0.25, 0.3) is 0 Å². The fourth-order valence-corrected chi connectivity index (χ4v) is 1.67. The van der Waals surface area contributed by atoms with E-state index in [0.29, 0.717) is 0 Å². The molecule has 0 amide bonds. The van der Waals surface area contributed by atoms with Crippen LogP contribution in [0.2, 0.25) is 0 Å². The van der Waals surface area contributed by atoms with Gasteiger partial charge in [-0.25, -0.2) is 4.79 Å². The van der Waals surface area contributed by atoms with Crippen LogP contribution in [0.1, 0.15) is 0 Å². The fourth-order valence-electron chi connectivity index (χ4n) is 1.25. The van der Waals surface area contributed by atoms with Crippen LogP contribution in [0.3, 0.4) is 0 Å². The summed E-state index contributed by atoms with van der Waals surface area (Å²) in [5.74, 6) is 0.0883. The summed E-state index contributed by atoms with van der Waals surface area (Å²) >= 11 is 0. The molecule has 0 aliphatic carbocycles. The SMILES string of the molecule is Nc1ccn(CC(O)CNCP(=O)(O)O)c(=O)n1. The summed E-state index contributed by atoms with van der Waals surface area (Å²) < 4.78 is 11.7. The lowest BCUT2D eigenvalue weighted by atomic mass is 10.3. The van der Waals surface area contributed by atoms with Gasteiger partial charge in [-0.1, -0.05) is 0 Å². The van der Waals surface area contributed by atoms with E-state index in [0.717, 1.165) is 4.57 Å². The number of nitrogens with two attached hydrogens (primary N) is 1. The molecule has 1 atom stereocenters. The van der Waals surface area contributed by atoms with E-state index in [1.165, 1.54) is 12.3 Å². The molecule has 0 saturated heterocycles. The van der Waals surface area contributed by atoms with Crippen molar-refractivity contribution in [3.05, 3.63) is 22.7 Å². The summed E-state index contributed by atoms with van der Waals surface area (Å²) in [6.45, 7) is -0.0950. The van der Waals surface area contributed by atoms with E-state index in [4.69, 9.17) is 15.5 Å². The van der Waals surface area contributed by atoms with Crippen LogP contribution in [-0.2, 0) is 11.1 Å². The van der Waals surface area contributed by atoms with E-state index < -0.39 is 25.7 Å². The Bertz CT molecular complexity index is 499. The van der Waals surface area contributed by atoms with Crippen LogP contribution in [0.5, 0.6) is 0 Å². The van der Waals surface area contributed by atoms with E-state index in [-0.39, 0.29) is 18.9 Å². The van der Waals surface area contributed by atoms with Crippen LogP contribution in [0.25, 0.3) is 0 Å². The summed E-state index contributed by atoms with van der Waals surface area (Å²) in [5.41, 5.74) is 4.71. The van der Waals surface area contributed by atoms with Gasteiger partial charge in [-0.2, -0.15) is 4.98 Å². The van der Waals surface area contributed by atoms with Crippen molar-refractivity contribution in [2.45, 2.75) is 12.6 Å². The van der Waals surface area contributed by atoms with E-state index in [1.807, 2.05) is 0 Å². The Morgan fingerprint density at radius 3 is 2.78 bits per heavy atom. The third-order valence-corrected chi connectivity index (χ3v) is 2.64. The number of nitrogens with zero attached hydrogens (tertiary/aromatic N) is 2. The van der Waals surface area contributed by atoms with Gasteiger partial charge in [-0.15, -0.1) is 0 Å². The lowest BCUT2D eigenvalue weighted by Crippen LogP contribution is -2.35. The highest BCUT2D eigenvalue weighted by Gasteiger charge is 2.13. The van der Waals surface area contributed by atoms with E-state index in [1.54, 1.807) is 0 Å². The average molecular weight is 278 g/mol. The number of aliphatic hydroxyl groups is 1. The van der Waals surface area contributed by atoms with Crippen LogP contribution in [0.4, 0.5) is 5.82 Å². The summed E-state index contributed by atoms with van der Waals surface area (Å²) in [6.07, 6.45) is -0.116. The predicted octanol–water partition coefficient (Wildman–Crippen LogP) is -2.09. The minimum Gasteiger partial charge on any atom is -0.390 e. The minimum absolute atomic E-state index is 0.0414.